The van der Waals surface area contributed by atoms with Gasteiger partial charge in [0.1, 0.15) is 0 Å². The second-order valence-corrected chi connectivity index (χ2v) is 2.92. The highest BCUT2D eigenvalue weighted by Gasteiger charge is 2.01. The van der Waals surface area contributed by atoms with Gasteiger partial charge in [-0.1, -0.05) is 6.07 Å². The number of methoxy groups -OCH3 is 1. The molecule has 1 rings (SSSR count). The molecule has 0 aliphatic rings. The molecule has 1 aromatic carbocycles. The molecule has 4 nitrogen and oxygen atoms in total. The molecule has 0 spiro atoms. The molecule has 0 bridgehead atoms. The van der Waals surface area contributed by atoms with E-state index in [0.717, 1.165) is 0 Å². The molecule has 0 radical (unpaired) electrons. The molecular weight excluding hydrogens is 180 g/mol. The zero-order valence-corrected chi connectivity index (χ0v) is 8.12. The zero-order chi connectivity index (χ0) is 10.4. The fraction of sp³-hybridized carbons (Fsp3) is 0.300. The van der Waals surface area contributed by atoms with Crippen LogP contribution in [0.25, 0.3) is 0 Å². The number of hydrogen-bond acceptors (Lipinski definition) is 3. The van der Waals surface area contributed by atoms with Gasteiger partial charge >= 0.3 is 0 Å². The van der Waals surface area contributed by atoms with Gasteiger partial charge in [-0.3, -0.25) is 4.79 Å². The summed E-state index contributed by atoms with van der Waals surface area (Å²) in [6.45, 7) is 0.425. The van der Waals surface area contributed by atoms with Crippen LogP contribution >= 0.6 is 0 Å². The van der Waals surface area contributed by atoms with Gasteiger partial charge in [0, 0.05) is 18.5 Å². The molecule has 0 saturated carbocycles. The lowest BCUT2D eigenvalue weighted by molar-refractivity contribution is -0.117. The molecule has 0 saturated heterocycles. The summed E-state index contributed by atoms with van der Waals surface area (Å²) in [4.78, 5) is 11.3. The summed E-state index contributed by atoms with van der Waals surface area (Å²) in [5, 5.41) is 2.72. The second kappa shape index (κ2) is 5.24. The maximum absolute atomic E-state index is 11.3. The van der Waals surface area contributed by atoms with Gasteiger partial charge in [0.15, 0.2) is 0 Å². The van der Waals surface area contributed by atoms with Crippen molar-refractivity contribution < 1.29 is 9.53 Å². The highest BCUT2D eigenvalue weighted by Crippen LogP contribution is 2.11. The molecule has 1 amide bonds. The Hall–Kier alpha value is -1.55. The third-order valence-electron chi connectivity index (χ3n) is 1.70. The standard InChI is InChI=1S/C10H14N2O2/c1-14-6-5-10(13)12-9-4-2-3-8(11)7-9/h2-4,7H,5-6,11H2,1H3,(H,12,13). The van der Waals surface area contributed by atoms with Crippen LogP contribution in [0.15, 0.2) is 24.3 Å². The topological polar surface area (TPSA) is 64.3 Å². The molecule has 0 atom stereocenters. The largest absolute Gasteiger partial charge is 0.399 e. The van der Waals surface area contributed by atoms with Crippen LogP contribution in [0.4, 0.5) is 11.4 Å². The first-order chi connectivity index (χ1) is 6.72. The number of benzene rings is 1. The van der Waals surface area contributed by atoms with Gasteiger partial charge in [-0.15, -0.1) is 0 Å². The Morgan fingerprint density at radius 1 is 1.57 bits per heavy atom. The predicted octanol–water partition coefficient (Wildman–Crippen LogP) is 1.24. The van der Waals surface area contributed by atoms with Gasteiger partial charge < -0.3 is 15.8 Å². The Morgan fingerprint density at radius 2 is 2.36 bits per heavy atom. The van der Waals surface area contributed by atoms with E-state index >= 15 is 0 Å². The number of amides is 1. The van der Waals surface area contributed by atoms with Gasteiger partial charge in [0.05, 0.1) is 13.0 Å². The van der Waals surface area contributed by atoms with E-state index in [1.54, 1.807) is 31.4 Å². The first-order valence-electron chi connectivity index (χ1n) is 4.36. The van der Waals surface area contributed by atoms with E-state index in [1.165, 1.54) is 0 Å². The van der Waals surface area contributed by atoms with E-state index in [2.05, 4.69) is 5.32 Å². The highest BCUT2D eigenvalue weighted by atomic mass is 16.5. The predicted molar refractivity (Wildman–Crippen MR) is 56.0 cm³/mol. The summed E-state index contributed by atoms with van der Waals surface area (Å²) in [5.74, 6) is -0.0718. The van der Waals surface area contributed by atoms with Gasteiger partial charge in [0.25, 0.3) is 0 Å². The summed E-state index contributed by atoms with van der Waals surface area (Å²) in [5.41, 5.74) is 6.91. The van der Waals surface area contributed by atoms with Gasteiger partial charge in [-0.25, -0.2) is 0 Å². The van der Waals surface area contributed by atoms with Gasteiger partial charge in [-0.2, -0.15) is 0 Å². The minimum atomic E-state index is -0.0718. The fourth-order valence-corrected chi connectivity index (χ4v) is 1.03. The first kappa shape index (κ1) is 10.5. The first-order valence-corrected chi connectivity index (χ1v) is 4.36. The average Bonchev–Trinajstić information content (AvgIpc) is 2.15. The third-order valence-corrected chi connectivity index (χ3v) is 1.70. The second-order valence-electron chi connectivity index (χ2n) is 2.92. The number of anilines is 2. The van der Waals surface area contributed by atoms with E-state index < -0.39 is 0 Å². The van der Waals surface area contributed by atoms with Crippen LogP contribution in [-0.4, -0.2) is 19.6 Å². The van der Waals surface area contributed by atoms with Crippen LogP contribution in [-0.2, 0) is 9.53 Å². The lowest BCUT2D eigenvalue weighted by Gasteiger charge is -2.04. The maximum atomic E-state index is 11.3. The van der Waals surface area contributed by atoms with Crippen molar-refractivity contribution in [2.75, 3.05) is 24.8 Å². The Labute approximate surface area is 83.1 Å². The average molecular weight is 194 g/mol. The molecule has 0 unspecified atom stereocenters. The lowest BCUT2D eigenvalue weighted by Crippen LogP contribution is -2.13. The van der Waals surface area contributed by atoms with Crippen molar-refractivity contribution in [3.8, 4) is 0 Å². The fourth-order valence-electron chi connectivity index (χ4n) is 1.03. The monoisotopic (exact) mass is 194 g/mol. The summed E-state index contributed by atoms with van der Waals surface area (Å²) in [7, 11) is 1.56. The van der Waals surface area contributed by atoms with Crippen molar-refractivity contribution in [2.45, 2.75) is 6.42 Å². The third kappa shape index (κ3) is 3.45. The van der Waals surface area contributed by atoms with Crippen molar-refractivity contribution in [1.29, 1.82) is 0 Å². The van der Waals surface area contributed by atoms with Crippen molar-refractivity contribution >= 4 is 17.3 Å². The van der Waals surface area contributed by atoms with E-state index in [4.69, 9.17) is 10.5 Å². The van der Waals surface area contributed by atoms with Crippen molar-refractivity contribution in [2.24, 2.45) is 0 Å². The van der Waals surface area contributed by atoms with Crippen molar-refractivity contribution in [3.63, 3.8) is 0 Å². The summed E-state index contributed by atoms with van der Waals surface area (Å²) in [6, 6.07) is 7.07. The van der Waals surface area contributed by atoms with Gasteiger partial charge in [-0.05, 0) is 18.2 Å². The molecule has 4 heteroatoms. The minimum absolute atomic E-state index is 0.0718. The van der Waals surface area contributed by atoms with E-state index in [1.807, 2.05) is 0 Å². The zero-order valence-electron chi connectivity index (χ0n) is 8.12. The molecule has 1 aromatic rings. The number of nitrogen functional groups attached to an aromatic ring is 1. The molecule has 0 aliphatic heterocycles. The summed E-state index contributed by atoms with van der Waals surface area (Å²) < 4.78 is 4.79. The molecule has 0 aliphatic carbocycles. The number of hydrogen-bond donors (Lipinski definition) is 2. The number of nitrogens with one attached hydrogen (secondary N) is 1. The minimum Gasteiger partial charge on any atom is -0.399 e. The van der Waals surface area contributed by atoms with Crippen LogP contribution in [0, 0.1) is 0 Å². The number of ether oxygens (including phenoxy) is 1. The molecule has 3 N–H and O–H groups in total. The molecule has 0 fully saturated rings. The van der Waals surface area contributed by atoms with Crippen molar-refractivity contribution in [3.05, 3.63) is 24.3 Å². The number of nitrogens with two attached hydrogens (primary N) is 1. The van der Waals surface area contributed by atoms with Crippen LogP contribution < -0.4 is 11.1 Å². The van der Waals surface area contributed by atoms with Crippen LogP contribution in [0.1, 0.15) is 6.42 Å². The molecule has 76 valence electrons. The molecule has 14 heavy (non-hydrogen) atoms. The normalized spacial score (nSPS) is 9.79. The Balaban J connectivity index is 2.47. The number of rotatable bonds is 4. The van der Waals surface area contributed by atoms with Crippen LogP contribution in [0.3, 0.4) is 0 Å². The smallest absolute Gasteiger partial charge is 0.226 e. The number of carbonyl (C=O) groups is 1. The summed E-state index contributed by atoms with van der Waals surface area (Å²) >= 11 is 0. The molecule has 0 heterocycles. The Kier molecular flexibility index (Phi) is 3.94. The van der Waals surface area contributed by atoms with Crippen molar-refractivity contribution in [1.82, 2.24) is 0 Å². The lowest BCUT2D eigenvalue weighted by atomic mass is 10.3. The van der Waals surface area contributed by atoms with Gasteiger partial charge in [0.2, 0.25) is 5.91 Å². The SMILES string of the molecule is COCCC(=O)Nc1cccc(N)c1. The van der Waals surface area contributed by atoms with E-state index in [9.17, 15) is 4.79 Å². The Bertz CT molecular complexity index is 313. The quantitative estimate of drug-likeness (QED) is 0.709. The number of carbonyl (C=O) groups excluding carboxylic acids is 1. The maximum Gasteiger partial charge on any atom is 0.226 e. The van der Waals surface area contributed by atoms with E-state index in [-0.39, 0.29) is 5.91 Å². The highest BCUT2D eigenvalue weighted by molar-refractivity contribution is 5.91. The summed E-state index contributed by atoms with van der Waals surface area (Å²) in [6.07, 6.45) is 0.352. The van der Waals surface area contributed by atoms with E-state index in [0.29, 0.717) is 24.4 Å². The van der Waals surface area contributed by atoms with Crippen LogP contribution in [0.2, 0.25) is 0 Å². The molecule has 0 aromatic heterocycles. The van der Waals surface area contributed by atoms with Crippen LogP contribution in [0.5, 0.6) is 0 Å². The molecular formula is C10H14N2O2. The Morgan fingerprint density at radius 3 is 3.00 bits per heavy atom.